The minimum Gasteiger partial charge on any atom is -0.462 e. The molecular formula is C63H81N7O13. The van der Waals surface area contributed by atoms with Crippen LogP contribution in [0.2, 0.25) is 0 Å². The number of nitrogens with one attached hydrogen (secondary N) is 4. The lowest BCUT2D eigenvalue weighted by molar-refractivity contribution is -0.161. The third kappa shape index (κ3) is 23.0. The molecule has 5 aromatic rings. The van der Waals surface area contributed by atoms with Crippen LogP contribution in [0, 0.1) is 16.7 Å². The number of Topliss-reactive ketones (excluding diaryl/α,β-unsaturated/α-hetero) is 1. The van der Waals surface area contributed by atoms with Crippen molar-refractivity contribution >= 4 is 41.7 Å². The lowest BCUT2D eigenvalue weighted by atomic mass is 9.79. The van der Waals surface area contributed by atoms with E-state index in [0.717, 1.165) is 33.5 Å². The number of hydrazine groups is 1. The van der Waals surface area contributed by atoms with Gasteiger partial charge in [0, 0.05) is 44.2 Å². The molecule has 1 aromatic heterocycles. The van der Waals surface area contributed by atoms with E-state index < -0.39 is 95.3 Å². The molecule has 4 amide bonds. The number of carbonyl (C=O) groups is 7. The smallest absolute Gasteiger partial charge is 0.407 e. The fraction of sp³-hybridized carbons (Fsp3) is 0.429. The van der Waals surface area contributed by atoms with E-state index in [0.29, 0.717) is 0 Å². The summed E-state index contributed by atoms with van der Waals surface area (Å²) in [5, 5.41) is 9.70. The van der Waals surface area contributed by atoms with Crippen LogP contribution in [-0.2, 0) is 78.2 Å². The van der Waals surface area contributed by atoms with Crippen molar-refractivity contribution in [3.8, 4) is 11.3 Å². The molecule has 0 radical (unpaired) electrons. The molecule has 0 aliphatic carbocycles. The van der Waals surface area contributed by atoms with Crippen LogP contribution in [0.3, 0.4) is 0 Å². The van der Waals surface area contributed by atoms with Crippen LogP contribution in [-0.4, -0.2) is 136 Å². The van der Waals surface area contributed by atoms with Crippen molar-refractivity contribution in [2.45, 2.75) is 104 Å². The van der Waals surface area contributed by atoms with E-state index in [1.54, 1.807) is 52.7 Å². The van der Waals surface area contributed by atoms with Gasteiger partial charge in [0.2, 0.25) is 5.91 Å². The SMILES string of the molecule is COCCOC(=O)NC(C(=O)CC(Cc1ccccc1)C(CN(Cc1ccc(-c2ccccn2)cc1)NC(=O)C(NC(=O)OC)C(C)(C)C)OC(=O)COCCOC(=O)C(Cc1ccccc1)NC(=O)C(N)Cc1ccccc1)C(C)(C)C. The summed E-state index contributed by atoms with van der Waals surface area (Å²) in [5.41, 5.74) is 12.3. The predicted octanol–water partition coefficient (Wildman–Crippen LogP) is 6.73. The summed E-state index contributed by atoms with van der Waals surface area (Å²) in [5.74, 6) is -3.97. The molecule has 20 heteroatoms. The van der Waals surface area contributed by atoms with Crippen LogP contribution in [0.25, 0.3) is 11.3 Å². The molecule has 5 rings (SSSR count). The number of amides is 4. The van der Waals surface area contributed by atoms with E-state index in [9.17, 15) is 33.6 Å². The number of ether oxygens (including phenoxy) is 6. The maximum absolute atomic E-state index is 14.8. The van der Waals surface area contributed by atoms with E-state index >= 15 is 0 Å². The minimum atomic E-state index is -1.19. The van der Waals surface area contributed by atoms with Crippen LogP contribution in [0.15, 0.2) is 140 Å². The normalized spacial score (nSPS) is 13.7. The topological polar surface area (TPSA) is 265 Å². The van der Waals surface area contributed by atoms with Crippen molar-refractivity contribution in [2.75, 3.05) is 53.8 Å². The van der Waals surface area contributed by atoms with Gasteiger partial charge in [-0.05, 0) is 58.1 Å². The first-order valence-electron chi connectivity index (χ1n) is 27.6. The zero-order valence-electron chi connectivity index (χ0n) is 48.8. The molecule has 6 N–H and O–H groups in total. The van der Waals surface area contributed by atoms with Gasteiger partial charge >= 0.3 is 24.1 Å². The van der Waals surface area contributed by atoms with Gasteiger partial charge in [0.15, 0.2) is 5.78 Å². The molecule has 446 valence electrons. The standard InChI is InChI=1S/C63H81N7O13/c1-62(2,3)55(67-61(77)82-34-32-78-7)52(71)39-48(36-43-20-12-9-13-21-43)53(41-70(69-58(74)56(63(4,5)6)68-60(76)79-8)40-46-27-29-47(30-28-46)50-26-18-19-31-65-50)83-54(72)42-80-33-35-81-59(75)51(38-45-24-16-11-17-25-45)66-57(73)49(64)37-44-22-14-10-15-23-44/h9-31,48-49,51,53,55-56H,32-42,64H2,1-8H3,(H,66,73)(H,67,77)(H,68,76)(H,69,74). The molecule has 1 heterocycles. The Morgan fingerprint density at radius 3 is 1.72 bits per heavy atom. The Kier molecular flexibility index (Phi) is 26.3. The molecule has 0 spiro atoms. The number of hydrogen-bond donors (Lipinski definition) is 5. The number of esters is 2. The van der Waals surface area contributed by atoms with Crippen LogP contribution < -0.4 is 27.1 Å². The van der Waals surface area contributed by atoms with Gasteiger partial charge in [-0.2, -0.15) is 0 Å². The van der Waals surface area contributed by atoms with E-state index in [2.05, 4.69) is 26.4 Å². The summed E-state index contributed by atoms with van der Waals surface area (Å²) >= 11 is 0. The van der Waals surface area contributed by atoms with Gasteiger partial charge < -0.3 is 50.1 Å². The first-order chi connectivity index (χ1) is 39.6. The lowest BCUT2D eigenvalue weighted by Crippen LogP contribution is -2.58. The van der Waals surface area contributed by atoms with Gasteiger partial charge in [0.25, 0.3) is 5.91 Å². The number of carbonyl (C=O) groups excluding carboxylic acids is 7. The number of benzene rings is 4. The Morgan fingerprint density at radius 2 is 1.16 bits per heavy atom. The largest absolute Gasteiger partial charge is 0.462 e. The van der Waals surface area contributed by atoms with E-state index in [-0.39, 0.29) is 65.2 Å². The van der Waals surface area contributed by atoms with Crippen molar-refractivity contribution < 1.29 is 62.0 Å². The van der Waals surface area contributed by atoms with Crippen LogP contribution in [0.1, 0.15) is 70.2 Å². The van der Waals surface area contributed by atoms with Gasteiger partial charge in [0.05, 0.1) is 44.6 Å². The molecule has 6 atom stereocenters. The summed E-state index contributed by atoms with van der Waals surface area (Å²) < 4.78 is 33.0. The Labute approximate surface area is 486 Å². The fourth-order valence-electron chi connectivity index (χ4n) is 8.98. The summed E-state index contributed by atoms with van der Waals surface area (Å²) in [6, 6.07) is 36.5. The molecular weight excluding hydrogens is 1060 g/mol. The Bertz CT molecular complexity index is 2820. The fourth-order valence-corrected chi connectivity index (χ4v) is 8.98. The molecule has 20 nitrogen and oxygen atoms in total. The molecule has 0 aliphatic rings. The van der Waals surface area contributed by atoms with E-state index in [1.807, 2.05) is 133 Å². The molecule has 0 saturated heterocycles. The minimum absolute atomic E-state index is 0.0371. The maximum Gasteiger partial charge on any atom is 0.407 e. The first kappa shape index (κ1) is 65.8. The Morgan fingerprint density at radius 1 is 0.590 bits per heavy atom. The molecule has 83 heavy (non-hydrogen) atoms. The Balaban J connectivity index is 1.44. The maximum atomic E-state index is 14.8. The zero-order chi connectivity index (χ0) is 60.4. The van der Waals surface area contributed by atoms with Gasteiger partial charge in [0.1, 0.15) is 38.0 Å². The van der Waals surface area contributed by atoms with Crippen LogP contribution in [0.5, 0.6) is 0 Å². The summed E-state index contributed by atoms with van der Waals surface area (Å²) in [6.07, 6.45) is -0.845. The number of aromatic nitrogens is 1. The molecule has 0 saturated carbocycles. The number of nitrogens with zero attached hydrogens (tertiary/aromatic N) is 2. The Hall–Kier alpha value is -8.04. The van der Waals surface area contributed by atoms with E-state index in [4.69, 9.17) is 34.2 Å². The summed E-state index contributed by atoms with van der Waals surface area (Å²) in [6.45, 7) is 9.45. The highest BCUT2D eigenvalue weighted by Gasteiger charge is 2.39. The van der Waals surface area contributed by atoms with Crippen molar-refractivity contribution in [2.24, 2.45) is 22.5 Å². The van der Waals surface area contributed by atoms with Crippen molar-refractivity contribution in [1.82, 2.24) is 31.4 Å². The molecule has 0 fully saturated rings. The number of alkyl carbamates (subject to hydrolysis) is 2. The van der Waals surface area contributed by atoms with Crippen molar-refractivity contribution in [3.63, 3.8) is 0 Å². The highest BCUT2D eigenvalue weighted by atomic mass is 16.6. The predicted molar refractivity (Wildman–Crippen MR) is 312 cm³/mol. The number of hydrogen-bond acceptors (Lipinski definition) is 16. The lowest BCUT2D eigenvalue weighted by Gasteiger charge is -2.36. The number of nitrogens with two attached hydrogens (primary N) is 1. The molecule has 0 bridgehead atoms. The van der Waals surface area contributed by atoms with Crippen LogP contribution in [0.4, 0.5) is 9.59 Å². The average Bonchev–Trinajstić information content (AvgIpc) is 3.67. The third-order valence-corrected chi connectivity index (χ3v) is 13.3. The number of pyridine rings is 1. The first-order valence-corrected chi connectivity index (χ1v) is 27.6. The molecule has 0 aliphatic heterocycles. The molecule has 4 aromatic carbocycles. The average molecular weight is 1140 g/mol. The van der Waals surface area contributed by atoms with E-state index in [1.165, 1.54) is 14.2 Å². The van der Waals surface area contributed by atoms with Crippen LogP contribution >= 0.6 is 0 Å². The van der Waals surface area contributed by atoms with Crippen molar-refractivity contribution in [1.29, 1.82) is 0 Å². The van der Waals surface area contributed by atoms with Gasteiger partial charge in [-0.1, -0.05) is 163 Å². The zero-order valence-corrected chi connectivity index (χ0v) is 48.8. The van der Waals surface area contributed by atoms with Gasteiger partial charge in [-0.25, -0.2) is 24.2 Å². The highest BCUT2D eigenvalue weighted by molar-refractivity contribution is 5.89. The van der Waals surface area contributed by atoms with Gasteiger partial charge in [-0.3, -0.25) is 24.8 Å². The monoisotopic (exact) mass is 1140 g/mol. The third-order valence-electron chi connectivity index (χ3n) is 13.3. The number of rotatable bonds is 31. The summed E-state index contributed by atoms with van der Waals surface area (Å²) in [4.78, 5) is 101. The van der Waals surface area contributed by atoms with Crippen molar-refractivity contribution in [3.05, 3.63) is 162 Å². The second-order valence-corrected chi connectivity index (χ2v) is 22.2. The number of methoxy groups -OCH3 is 2. The quantitative estimate of drug-likeness (QED) is 0.0133. The second kappa shape index (κ2) is 33.2. The molecule has 6 unspecified atom stereocenters. The number of ketones is 1. The highest BCUT2D eigenvalue weighted by Crippen LogP contribution is 2.28. The summed E-state index contributed by atoms with van der Waals surface area (Å²) in [7, 11) is 2.66. The van der Waals surface area contributed by atoms with Gasteiger partial charge in [-0.15, -0.1) is 0 Å². The second-order valence-electron chi connectivity index (χ2n) is 22.2.